The Morgan fingerprint density at radius 3 is 2.93 bits per heavy atom. The van der Waals surface area contributed by atoms with Crippen LogP contribution in [0.25, 0.3) is 17.5 Å². The van der Waals surface area contributed by atoms with Crippen LogP contribution in [0, 0.1) is 0 Å². The molecule has 27 heavy (non-hydrogen) atoms. The smallest absolute Gasteiger partial charge is 0.167 e. The van der Waals surface area contributed by atoms with Crippen molar-refractivity contribution in [2.45, 2.75) is 19.4 Å². The number of morpholine rings is 1. The average Bonchev–Trinajstić information content (AvgIpc) is 3.09. The number of ether oxygens (including phenoxy) is 1. The minimum Gasteiger partial charge on any atom is -0.377 e. The van der Waals surface area contributed by atoms with E-state index in [1.165, 1.54) is 0 Å². The molecule has 1 aliphatic carbocycles. The number of pyridine rings is 1. The molecule has 142 valence electrons. The largest absolute Gasteiger partial charge is 0.377 e. The van der Waals surface area contributed by atoms with Gasteiger partial charge in [0.05, 0.1) is 19.3 Å². The maximum atomic E-state index is 12.3. The molecule has 1 fully saturated rings. The Kier molecular flexibility index (Phi) is 4.69. The van der Waals surface area contributed by atoms with Gasteiger partial charge in [-0.3, -0.25) is 4.98 Å². The van der Waals surface area contributed by atoms with Gasteiger partial charge in [0.25, 0.3) is 0 Å². The van der Waals surface area contributed by atoms with Crippen LogP contribution in [0.4, 0.5) is 11.6 Å². The van der Waals surface area contributed by atoms with Gasteiger partial charge in [-0.15, -0.1) is 0 Å². The van der Waals surface area contributed by atoms with E-state index < -0.39 is 9.73 Å². The van der Waals surface area contributed by atoms with Gasteiger partial charge in [-0.05, 0) is 24.5 Å². The number of allylic oxidation sites excluding steroid dienone is 1. The quantitative estimate of drug-likeness (QED) is 0.808. The fourth-order valence-corrected chi connectivity index (χ4v) is 3.93. The zero-order valence-electron chi connectivity index (χ0n) is 15.8. The molecule has 0 radical (unpaired) electrons. The lowest BCUT2D eigenvalue weighted by molar-refractivity contribution is 0.0985. The van der Waals surface area contributed by atoms with Gasteiger partial charge in [-0.1, -0.05) is 12.2 Å². The number of hydrogen-bond donors (Lipinski definition) is 0. The molecule has 0 spiro atoms. The molecule has 2 aromatic heterocycles. The lowest BCUT2D eigenvalue weighted by atomic mass is 10.1. The van der Waals surface area contributed by atoms with Crippen molar-refractivity contribution in [3.63, 3.8) is 0 Å². The Morgan fingerprint density at radius 2 is 2.15 bits per heavy atom. The van der Waals surface area contributed by atoms with Crippen LogP contribution in [0.2, 0.25) is 0 Å². The molecule has 7 nitrogen and oxygen atoms in total. The molecule has 0 amide bonds. The number of nitrogens with zero attached hydrogens (tertiary/aromatic N) is 5. The van der Waals surface area contributed by atoms with Gasteiger partial charge in [0, 0.05) is 52.8 Å². The molecule has 8 heteroatoms. The van der Waals surface area contributed by atoms with E-state index in [-0.39, 0.29) is 6.04 Å². The Morgan fingerprint density at radius 1 is 1.30 bits per heavy atom. The molecule has 3 heterocycles. The van der Waals surface area contributed by atoms with E-state index in [9.17, 15) is 4.21 Å². The molecule has 0 saturated carbocycles. The number of hydrogen-bond acceptors (Lipinski definition) is 7. The van der Waals surface area contributed by atoms with Crippen LogP contribution in [0.1, 0.15) is 18.1 Å². The minimum absolute atomic E-state index is 0.196. The molecule has 1 saturated heterocycles. The summed E-state index contributed by atoms with van der Waals surface area (Å²) < 4.78 is 22.1. The Bertz CT molecular complexity index is 1020. The van der Waals surface area contributed by atoms with Gasteiger partial charge < -0.3 is 9.64 Å². The second-order valence-corrected chi connectivity index (χ2v) is 9.71. The third kappa shape index (κ3) is 3.86. The van der Waals surface area contributed by atoms with Crippen LogP contribution >= 0.6 is 0 Å². The van der Waals surface area contributed by atoms with Gasteiger partial charge in [0.2, 0.25) is 0 Å². The fraction of sp³-hybridized carbons (Fsp3) is 0.421. The summed E-state index contributed by atoms with van der Waals surface area (Å²) in [7, 11) is -2.34. The van der Waals surface area contributed by atoms with Crippen LogP contribution in [0.5, 0.6) is 0 Å². The van der Waals surface area contributed by atoms with E-state index in [1.54, 1.807) is 18.7 Å². The standard InChI is InChI=1S/C19H23N5O2S/c1-13-12-26-8-7-24(13)18-9-17(23-27(2,3)25)21-19(22-18)16-11-20-10-14-5-4-6-15(14)16/h4,6,9-11,13H,5,7-8,12H2,1-3H3/t13-/m1/s1. The van der Waals surface area contributed by atoms with Gasteiger partial charge >= 0.3 is 0 Å². The van der Waals surface area contributed by atoms with E-state index in [2.05, 4.69) is 38.3 Å². The van der Waals surface area contributed by atoms with Crippen LogP contribution in [-0.2, 0) is 20.9 Å². The molecular formula is C19H23N5O2S. The van der Waals surface area contributed by atoms with Crippen molar-refractivity contribution in [1.29, 1.82) is 0 Å². The minimum atomic E-state index is -2.34. The molecule has 0 N–H and O–H groups in total. The first-order valence-corrected chi connectivity index (χ1v) is 11.3. The first-order valence-electron chi connectivity index (χ1n) is 8.95. The molecule has 1 atom stereocenters. The third-order valence-electron chi connectivity index (χ3n) is 4.61. The van der Waals surface area contributed by atoms with Crippen molar-refractivity contribution in [2.24, 2.45) is 4.36 Å². The highest BCUT2D eigenvalue weighted by Gasteiger charge is 2.23. The second-order valence-electron chi connectivity index (χ2n) is 7.16. The first-order chi connectivity index (χ1) is 12.9. The zero-order valence-corrected chi connectivity index (χ0v) is 16.6. The molecule has 0 unspecified atom stereocenters. The second kappa shape index (κ2) is 7.01. The third-order valence-corrected chi connectivity index (χ3v) is 5.23. The molecule has 1 aliphatic heterocycles. The van der Waals surface area contributed by atoms with E-state index in [1.807, 2.05) is 12.3 Å². The lowest BCUT2D eigenvalue weighted by Gasteiger charge is -2.34. The summed E-state index contributed by atoms with van der Waals surface area (Å²) in [6.07, 6.45) is 11.9. The summed E-state index contributed by atoms with van der Waals surface area (Å²) in [6.45, 7) is 4.15. The maximum absolute atomic E-state index is 12.3. The maximum Gasteiger partial charge on any atom is 0.167 e. The molecule has 2 aromatic rings. The van der Waals surface area contributed by atoms with Crippen LogP contribution < -0.4 is 4.90 Å². The van der Waals surface area contributed by atoms with Gasteiger partial charge in [-0.25, -0.2) is 14.2 Å². The van der Waals surface area contributed by atoms with Gasteiger partial charge in [-0.2, -0.15) is 4.36 Å². The number of anilines is 1. The summed E-state index contributed by atoms with van der Waals surface area (Å²) in [5, 5.41) is 0. The van der Waals surface area contributed by atoms with Crippen molar-refractivity contribution in [1.82, 2.24) is 15.0 Å². The Labute approximate surface area is 159 Å². The SMILES string of the molecule is C[C@@H]1COCCN1c1cc(N=S(C)(C)=O)nc(-c2cncc3c2C=CC3)n1. The van der Waals surface area contributed by atoms with E-state index in [0.29, 0.717) is 24.9 Å². The average molecular weight is 385 g/mol. The summed E-state index contributed by atoms with van der Waals surface area (Å²) in [5.41, 5.74) is 3.13. The molecule has 0 aromatic carbocycles. The predicted molar refractivity (Wildman–Crippen MR) is 108 cm³/mol. The van der Waals surface area contributed by atoms with Crippen molar-refractivity contribution >= 4 is 27.4 Å². The lowest BCUT2D eigenvalue weighted by Crippen LogP contribution is -2.44. The number of aromatic nitrogens is 3. The van der Waals surface area contributed by atoms with Crippen molar-refractivity contribution < 1.29 is 8.95 Å². The summed E-state index contributed by atoms with van der Waals surface area (Å²) in [6, 6.07) is 2.01. The first kappa shape index (κ1) is 18.1. The van der Waals surface area contributed by atoms with Gasteiger partial charge in [0.1, 0.15) is 5.82 Å². The highest BCUT2D eigenvalue weighted by atomic mass is 32.2. The van der Waals surface area contributed by atoms with E-state index >= 15 is 0 Å². The normalized spacial score (nSPS) is 19.2. The summed E-state index contributed by atoms with van der Waals surface area (Å²) >= 11 is 0. The predicted octanol–water partition coefficient (Wildman–Crippen LogP) is 2.69. The Balaban J connectivity index is 1.88. The van der Waals surface area contributed by atoms with E-state index in [0.717, 1.165) is 35.5 Å². The van der Waals surface area contributed by atoms with Crippen molar-refractivity contribution in [3.05, 3.63) is 35.7 Å². The Hall–Kier alpha value is -2.32. The molecule has 4 rings (SSSR count). The number of rotatable bonds is 3. The zero-order chi connectivity index (χ0) is 19.0. The fourth-order valence-electron chi connectivity index (χ4n) is 3.38. The highest BCUT2D eigenvalue weighted by Crippen LogP contribution is 2.32. The summed E-state index contributed by atoms with van der Waals surface area (Å²) in [4.78, 5) is 16.0. The van der Waals surface area contributed by atoms with Gasteiger partial charge in [0.15, 0.2) is 11.6 Å². The molecular weight excluding hydrogens is 362 g/mol. The highest BCUT2D eigenvalue weighted by molar-refractivity contribution is 7.92. The number of fused-ring (bicyclic) bond motifs is 1. The topological polar surface area (TPSA) is 80.6 Å². The van der Waals surface area contributed by atoms with Crippen LogP contribution in [-0.4, -0.2) is 57.5 Å². The van der Waals surface area contributed by atoms with Crippen molar-refractivity contribution in [2.75, 3.05) is 37.2 Å². The van der Waals surface area contributed by atoms with Crippen molar-refractivity contribution in [3.8, 4) is 11.4 Å². The monoisotopic (exact) mass is 385 g/mol. The summed E-state index contributed by atoms with van der Waals surface area (Å²) in [5.74, 6) is 1.77. The molecule has 0 bridgehead atoms. The van der Waals surface area contributed by atoms with Crippen LogP contribution in [0.15, 0.2) is 28.9 Å². The van der Waals surface area contributed by atoms with Crippen LogP contribution in [0.3, 0.4) is 0 Å². The molecule has 2 aliphatic rings. The van der Waals surface area contributed by atoms with E-state index in [4.69, 9.17) is 9.72 Å².